The zero-order valence-corrected chi connectivity index (χ0v) is 47.0. The van der Waals surface area contributed by atoms with Gasteiger partial charge in [-0.1, -0.05) is 152 Å². The predicted octanol–water partition coefficient (Wildman–Crippen LogP) is 14.5. The fraction of sp³-hybridized carbons (Fsp3) is 0.750. The van der Waals surface area contributed by atoms with E-state index in [1.807, 2.05) is 41.5 Å². The zero-order chi connectivity index (χ0) is 52.9. The molecule has 1 aromatic rings. The van der Waals surface area contributed by atoms with Gasteiger partial charge in [-0.05, 0) is 135 Å². The Morgan fingerprint density at radius 2 is 0.587 bits per heavy atom. The maximum Gasteiger partial charge on any atom is 0.325 e. The van der Waals surface area contributed by atoms with E-state index in [-0.39, 0.29) is 88.7 Å². The molecule has 6 aliphatic carbocycles. The molecule has 15 heteroatoms. The Morgan fingerprint density at radius 3 is 0.800 bits per heavy atom. The third-order valence-corrected chi connectivity index (χ3v) is 16.8. The number of hydrogen-bond acceptors (Lipinski definition) is 12. The minimum Gasteiger partial charge on any atom is -0.317 e. The second kappa shape index (κ2) is 30.1. The molecule has 0 radical (unpaired) electrons. The van der Waals surface area contributed by atoms with Gasteiger partial charge < -0.3 is 14.5 Å². The topological polar surface area (TPSA) is 163 Å². The van der Waals surface area contributed by atoms with Crippen molar-refractivity contribution < 1.29 is 28.9 Å². The van der Waals surface area contributed by atoms with Crippen molar-refractivity contribution in [3.8, 4) is 0 Å². The van der Waals surface area contributed by atoms with Crippen molar-refractivity contribution in [2.45, 2.75) is 290 Å². The van der Waals surface area contributed by atoms with Crippen molar-refractivity contribution in [1.29, 1.82) is 0 Å². The molecule has 6 saturated carbocycles. The van der Waals surface area contributed by atoms with Gasteiger partial charge in [-0.3, -0.25) is 29.1 Å². The summed E-state index contributed by atoms with van der Waals surface area (Å²) in [5.41, 5.74) is 2.92. The Morgan fingerprint density at radius 1 is 0.373 bits per heavy atom. The summed E-state index contributed by atoms with van der Waals surface area (Å²) in [5, 5.41) is 13.6. The molecule has 0 aliphatic heterocycles. The van der Waals surface area contributed by atoms with Crippen LogP contribution in [0.4, 0.5) is 0 Å². The summed E-state index contributed by atoms with van der Waals surface area (Å²) in [6.45, 7) is 11.8. The molecule has 0 unspecified atom stereocenters. The number of carbonyl (C=O) groups excluding carboxylic acids is 3. The fourth-order valence-corrected chi connectivity index (χ4v) is 11.7. The van der Waals surface area contributed by atoms with E-state index in [0.717, 1.165) is 210 Å². The van der Waals surface area contributed by atoms with Gasteiger partial charge in [0.05, 0.1) is 35.3 Å². The number of aliphatic imine (C=N–C) groups is 3. The first-order valence-corrected chi connectivity index (χ1v) is 30.1. The van der Waals surface area contributed by atoms with Crippen LogP contribution in [0.3, 0.4) is 0 Å². The molecular formula is C60H93N9O6. The van der Waals surface area contributed by atoms with E-state index in [1.165, 1.54) is 0 Å². The van der Waals surface area contributed by atoms with Crippen LogP contribution in [0, 0.1) is 0 Å². The number of oxime groups is 3. The highest BCUT2D eigenvalue weighted by molar-refractivity contribution is 6.12. The second-order valence-corrected chi connectivity index (χ2v) is 22.6. The Bertz CT molecular complexity index is 1950. The van der Waals surface area contributed by atoms with Crippen molar-refractivity contribution >= 4 is 52.9 Å². The van der Waals surface area contributed by atoms with Crippen LogP contribution in [0.2, 0.25) is 0 Å². The summed E-state index contributed by atoms with van der Waals surface area (Å²) < 4.78 is 0. The Kier molecular flexibility index (Phi) is 23.2. The van der Waals surface area contributed by atoms with Gasteiger partial charge in [0.15, 0.2) is 0 Å². The van der Waals surface area contributed by atoms with E-state index in [1.54, 1.807) is 32.9 Å². The summed E-state index contributed by atoms with van der Waals surface area (Å²) in [6.07, 6.45) is 30.7. The highest BCUT2D eigenvalue weighted by Gasteiger charge is 2.39. The van der Waals surface area contributed by atoms with Crippen molar-refractivity contribution in [3.63, 3.8) is 0 Å². The fourth-order valence-electron chi connectivity index (χ4n) is 11.7. The normalized spacial score (nSPS) is 21.7. The van der Waals surface area contributed by atoms with E-state index < -0.39 is 0 Å². The predicted molar refractivity (Wildman–Crippen MR) is 302 cm³/mol. The smallest absolute Gasteiger partial charge is 0.317 e. The molecule has 0 atom stereocenters. The van der Waals surface area contributed by atoms with Crippen molar-refractivity contribution in [2.24, 2.45) is 30.4 Å². The lowest BCUT2D eigenvalue weighted by Crippen LogP contribution is -2.48. The number of amides is 3. The molecule has 6 aliphatic rings. The maximum atomic E-state index is 16.1. The standard InChI is InChI=1S/C60H93N9O6/c1-7-43(4)64-73-58(61-49-28-16-10-17-29-49)67(52-34-22-13-23-35-52)55(70)46-40-47(56(71)68(53-36-24-14-25-37-53)59(74-65-44(5)8-2)62-50-30-18-11-19-31-50)42-48(41-46)57(72)69(54-38-26-15-27-39-54)60(75-66-45(6)9-3)63-51-32-20-12-21-33-51/h40-42,49-54H,7-39H2,1-6H3/b61-58?,62-59?,63-60?,64-43+,65-44+,66-45+. The molecule has 3 amide bonds. The minimum absolute atomic E-state index is 0.0234. The van der Waals surface area contributed by atoms with Crippen molar-refractivity contribution in [1.82, 2.24) is 14.7 Å². The van der Waals surface area contributed by atoms with E-state index in [9.17, 15) is 0 Å². The highest BCUT2D eigenvalue weighted by Crippen LogP contribution is 2.33. The largest absolute Gasteiger partial charge is 0.325 e. The van der Waals surface area contributed by atoms with Gasteiger partial charge in [0, 0.05) is 34.8 Å². The van der Waals surface area contributed by atoms with Crippen LogP contribution in [0.5, 0.6) is 0 Å². The molecule has 0 heterocycles. The molecule has 6 fully saturated rings. The molecule has 0 aromatic heterocycles. The molecule has 414 valence electrons. The van der Waals surface area contributed by atoms with Gasteiger partial charge in [-0.2, -0.15) is 0 Å². The van der Waals surface area contributed by atoms with E-state index in [0.29, 0.717) is 19.3 Å². The van der Waals surface area contributed by atoms with Crippen molar-refractivity contribution in [2.75, 3.05) is 0 Å². The SMILES string of the molecule is CC/C(C)=N/OC(=NC1CCCCC1)N(C(=O)c1cc(C(=O)N(C(=NC2CCCCC2)O/N=C(\C)CC)C2CCCCC2)cc(C(=O)N(C(=NC2CCCCC2)O/N=C(\C)CC)C2CCCCC2)c1)C1CCCCC1. The van der Waals surface area contributed by atoms with E-state index in [2.05, 4.69) is 15.5 Å². The average Bonchev–Trinajstić information content (AvgIpc) is 3.46. The van der Waals surface area contributed by atoms with Crippen LogP contribution >= 0.6 is 0 Å². The molecule has 15 nitrogen and oxygen atoms in total. The lowest BCUT2D eigenvalue weighted by molar-refractivity contribution is 0.0714. The van der Waals surface area contributed by atoms with Gasteiger partial charge in [0.2, 0.25) is 0 Å². The van der Waals surface area contributed by atoms with Crippen LogP contribution in [0.15, 0.2) is 48.6 Å². The maximum absolute atomic E-state index is 16.1. The van der Waals surface area contributed by atoms with Crippen molar-refractivity contribution in [3.05, 3.63) is 34.9 Å². The number of carbonyl (C=O) groups is 3. The Balaban J connectivity index is 1.44. The summed E-state index contributed by atoms with van der Waals surface area (Å²) in [5.74, 6) is -1.16. The summed E-state index contributed by atoms with van der Waals surface area (Å²) in [7, 11) is 0. The third kappa shape index (κ3) is 16.8. The van der Waals surface area contributed by atoms with Crippen LogP contribution < -0.4 is 0 Å². The molecule has 0 N–H and O–H groups in total. The quantitative estimate of drug-likeness (QED) is 0.0964. The summed E-state index contributed by atoms with van der Waals surface area (Å²) in [6, 6.07) is 4.82. The van der Waals surface area contributed by atoms with Crippen LogP contribution in [-0.4, -0.2) is 104 Å². The molecule has 0 bridgehead atoms. The number of benzene rings is 1. The number of amidine groups is 3. The van der Waals surface area contributed by atoms with Crippen LogP contribution in [0.1, 0.15) is 285 Å². The van der Waals surface area contributed by atoms with E-state index >= 15 is 14.4 Å². The summed E-state index contributed by atoms with van der Waals surface area (Å²) in [4.78, 5) is 88.3. The van der Waals surface area contributed by atoms with Crippen LogP contribution in [-0.2, 0) is 14.5 Å². The first-order chi connectivity index (χ1) is 36.6. The molecular weight excluding hydrogens is 943 g/mol. The first kappa shape index (κ1) is 57.7. The first-order valence-electron chi connectivity index (χ1n) is 30.1. The molecule has 0 saturated heterocycles. The Hall–Kier alpha value is -4.95. The van der Waals surface area contributed by atoms with Gasteiger partial charge in [-0.15, -0.1) is 0 Å². The number of rotatable bonds is 15. The number of nitrogens with zero attached hydrogens (tertiary/aromatic N) is 9. The lowest BCUT2D eigenvalue weighted by atomic mass is 9.92. The van der Waals surface area contributed by atoms with Gasteiger partial charge in [-0.25, -0.2) is 15.0 Å². The third-order valence-electron chi connectivity index (χ3n) is 16.8. The number of hydrogen-bond donors (Lipinski definition) is 0. The second-order valence-electron chi connectivity index (χ2n) is 22.6. The monoisotopic (exact) mass is 1040 g/mol. The molecule has 75 heavy (non-hydrogen) atoms. The van der Waals surface area contributed by atoms with E-state index in [4.69, 9.17) is 29.5 Å². The molecule has 1 aromatic carbocycles. The van der Waals surface area contributed by atoms with Gasteiger partial charge >= 0.3 is 18.1 Å². The minimum atomic E-state index is -0.385. The summed E-state index contributed by atoms with van der Waals surface area (Å²) >= 11 is 0. The van der Waals surface area contributed by atoms with Gasteiger partial charge in [0.1, 0.15) is 0 Å². The van der Waals surface area contributed by atoms with Crippen LogP contribution in [0.25, 0.3) is 0 Å². The highest BCUT2D eigenvalue weighted by atomic mass is 16.7. The molecule has 7 rings (SSSR count). The zero-order valence-electron chi connectivity index (χ0n) is 47.0. The molecule has 0 spiro atoms. The lowest BCUT2D eigenvalue weighted by Gasteiger charge is -2.36. The average molecular weight is 1040 g/mol. The van der Waals surface area contributed by atoms with Gasteiger partial charge in [0.25, 0.3) is 17.7 Å². The Labute approximate surface area is 449 Å².